The summed E-state index contributed by atoms with van der Waals surface area (Å²) in [6.45, 7) is 6.94. The minimum atomic E-state index is -0.428. The van der Waals surface area contributed by atoms with E-state index in [-0.39, 0.29) is 65.2 Å². The smallest absolute Gasteiger partial charge is 0.229 e. The van der Waals surface area contributed by atoms with Gasteiger partial charge in [0.25, 0.3) is 0 Å². The number of amides is 1. The Morgan fingerprint density at radius 3 is 2.71 bits per heavy atom. The van der Waals surface area contributed by atoms with Gasteiger partial charge in [-0.3, -0.25) is 9.69 Å². The predicted octanol–water partition coefficient (Wildman–Crippen LogP) is 4.89. The lowest BCUT2D eigenvalue weighted by Crippen LogP contribution is -2.62. The predicted molar refractivity (Wildman–Crippen MR) is 142 cm³/mol. The van der Waals surface area contributed by atoms with Crippen LogP contribution in [0.1, 0.15) is 78.6 Å². The molecule has 38 heavy (non-hydrogen) atoms. The third kappa shape index (κ3) is 3.94. The van der Waals surface area contributed by atoms with Crippen LogP contribution in [-0.2, 0) is 4.79 Å². The molecule has 1 heterocycles. The van der Waals surface area contributed by atoms with Crippen molar-refractivity contribution in [2.75, 3.05) is 11.6 Å². The first-order chi connectivity index (χ1) is 18.0. The Kier molecular flexibility index (Phi) is 6.59. The molecule has 6 rings (SSSR count). The van der Waals surface area contributed by atoms with E-state index in [1.54, 1.807) is 11.0 Å². The van der Waals surface area contributed by atoms with Crippen LogP contribution in [0.4, 0.5) is 10.1 Å². The Morgan fingerprint density at radius 2 is 1.92 bits per heavy atom. The summed E-state index contributed by atoms with van der Waals surface area (Å²) in [5.41, 5.74) is 0.417. The summed E-state index contributed by atoms with van der Waals surface area (Å²) in [4.78, 5) is 14.7. The number of fused-ring (bicyclic) bond motifs is 6. The summed E-state index contributed by atoms with van der Waals surface area (Å²) in [5.74, 6) is 1.62. The zero-order chi connectivity index (χ0) is 27.0. The molecule has 3 N–H and O–H groups in total. The van der Waals surface area contributed by atoms with Crippen LogP contribution in [0, 0.1) is 52.2 Å². The minimum Gasteiger partial charge on any atom is -0.470 e. The summed E-state index contributed by atoms with van der Waals surface area (Å²) >= 11 is 0. The molecule has 1 aromatic rings. The lowest BCUT2D eigenvalue weighted by Gasteiger charge is -2.63. The Hall–Kier alpha value is -1.70. The number of anilines is 1. The van der Waals surface area contributed by atoms with E-state index in [1.807, 2.05) is 0 Å². The molecule has 4 fully saturated rings. The molecule has 0 spiro atoms. The first kappa shape index (κ1) is 26.5. The van der Waals surface area contributed by atoms with Gasteiger partial charge in [0.05, 0.1) is 24.0 Å². The highest BCUT2D eigenvalue weighted by Crippen LogP contribution is 2.68. The number of benzene rings is 1. The molecular weight excluding hydrogens is 485 g/mol. The van der Waals surface area contributed by atoms with Gasteiger partial charge in [0, 0.05) is 12.5 Å². The van der Waals surface area contributed by atoms with Gasteiger partial charge in [0.15, 0.2) is 6.73 Å². The van der Waals surface area contributed by atoms with Crippen LogP contribution in [0.2, 0.25) is 0 Å². The van der Waals surface area contributed by atoms with Crippen molar-refractivity contribution in [1.82, 2.24) is 0 Å². The summed E-state index contributed by atoms with van der Waals surface area (Å²) in [5, 5.41) is 33.6. The maximum Gasteiger partial charge on any atom is 0.229 e. The molecule has 1 aromatic carbocycles. The molecule has 11 atom stereocenters. The van der Waals surface area contributed by atoms with Crippen LogP contribution < -0.4 is 9.64 Å². The quantitative estimate of drug-likeness (QED) is 0.517. The molecule has 1 aliphatic heterocycles. The highest BCUT2D eigenvalue weighted by Gasteiger charge is 2.65. The first-order valence-corrected chi connectivity index (χ1v) is 14.8. The van der Waals surface area contributed by atoms with E-state index >= 15 is 0 Å². The number of carbonyl (C=O) groups excluding carboxylic acids is 1. The zero-order valence-electron chi connectivity index (χ0n) is 23.0. The van der Waals surface area contributed by atoms with Crippen molar-refractivity contribution in [2.24, 2.45) is 46.3 Å². The van der Waals surface area contributed by atoms with E-state index < -0.39 is 6.10 Å². The lowest BCUT2D eigenvalue weighted by molar-refractivity contribution is -0.207. The molecule has 6 nitrogen and oxygen atoms in total. The average Bonchev–Trinajstić information content (AvgIpc) is 3.45. The molecule has 1 amide bonds. The maximum atomic E-state index is 13.5. The van der Waals surface area contributed by atoms with Gasteiger partial charge >= 0.3 is 0 Å². The van der Waals surface area contributed by atoms with Crippen LogP contribution in [0.15, 0.2) is 18.2 Å². The fraction of sp³-hybridized carbons (Fsp3) is 0.774. The molecule has 0 unspecified atom stereocenters. The van der Waals surface area contributed by atoms with Gasteiger partial charge in [-0.2, -0.15) is 0 Å². The zero-order valence-corrected chi connectivity index (χ0v) is 23.0. The molecule has 0 radical (unpaired) electrons. The highest BCUT2D eigenvalue weighted by atomic mass is 19.1. The molecule has 0 bridgehead atoms. The average molecular weight is 530 g/mol. The summed E-state index contributed by atoms with van der Waals surface area (Å²) in [6, 6.07) is 4.27. The monoisotopic (exact) mass is 529 g/mol. The lowest BCUT2D eigenvalue weighted by atomic mass is 9.43. The Labute approximate surface area is 225 Å². The largest absolute Gasteiger partial charge is 0.470 e. The molecule has 0 aromatic heterocycles. The van der Waals surface area contributed by atoms with E-state index in [1.165, 1.54) is 12.1 Å². The Morgan fingerprint density at radius 1 is 1.13 bits per heavy atom. The van der Waals surface area contributed by atoms with Gasteiger partial charge < -0.3 is 20.1 Å². The molecule has 5 aliphatic rings. The van der Waals surface area contributed by atoms with Gasteiger partial charge in [-0.1, -0.05) is 20.8 Å². The topological polar surface area (TPSA) is 90.2 Å². The van der Waals surface area contributed by atoms with Crippen LogP contribution in [-0.4, -0.2) is 46.3 Å². The molecule has 0 saturated heterocycles. The third-order valence-corrected chi connectivity index (χ3v) is 12.2. The second kappa shape index (κ2) is 9.45. The number of rotatable bonds is 4. The maximum absolute atomic E-state index is 13.5. The van der Waals surface area contributed by atoms with Crippen LogP contribution in [0.25, 0.3) is 0 Å². The molecule has 4 saturated carbocycles. The van der Waals surface area contributed by atoms with Crippen LogP contribution in [0.3, 0.4) is 0 Å². The fourth-order valence-corrected chi connectivity index (χ4v) is 10.1. The van der Waals surface area contributed by atoms with E-state index in [0.29, 0.717) is 29.7 Å². The number of ether oxygens (including phenoxy) is 1. The van der Waals surface area contributed by atoms with E-state index in [4.69, 9.17) is 4.74 Å². The Bertz CT molecular complexity index is 1080. The SMILES string of the molecule is C[C@H](CCC(=O)N1COc2cc(F)ccc21)[C@H]1CC[C@H]2[C@@H]3[C@H](O)C[C@@H]4C[C@H](O)CC[C@]4(C)[C@H]3C[C@H](O)[C@]12C. The van der Waals surface area contributed by atoms with E-state index in [9.17, 15) is 24.5 Å². The van der Waals surface area contributed by atoms with Crippen LogP contribution in [0.5, 0.6) is 5.75 Å². The van der Waals surface area contributed by atoms with Crippen molar-refractivity contribution in [3.8, 4) is 5.75 Å². The minimum absolute atomic E-state index is 0.0210. The number of halogens is 1. The summed E-state index contributed by atoms with van der Waals surface area (Å²) in [7, 11) is 0. The highest BCUT2D eigenvalue weighted by molar-refractivity contribution is 5.95. The number of hydrogen-bond acceptors (Lipinski definition) is 5. The van der Waals surface area contributed by atoms with Gasteiger partial charge in [0.1, 0.15) is 11.6 Å². The van der Waals surface area contributed by atoms with Gasteiger partial charge in [-0.05, 0) is 110 Å². The summed E-state index contributed by atoms with van der Waals surface area (Å²) < 4.78 is 19.1. The fourth-order valence-electron chi connectivity index (χ4n) is 10.1. The van der Waals surface area contributed by atoms with Gasteiger partial charge in [-0.25, -0.2) is 4.39 Å². The van der Waals surface area contributed by atoms with E-state index in [0.717, 1.165) is 51.4 Å². The number of nitrogens with zero attached hydrogens (tertiary/aromatic N) is 1. The molecule has 4 aliphatic carbocycles. The first-order valence-electron chi connectivity index (χ1n) is 14.8. The van der Waals surface area contributed by atoms with E-state index in [2.05, 4.69) is 20.8 Å². The van der Waals surface area contributed by atoms with Crippen molar-refractivity contribution < 1.29 is 29.2 Å². The Balaban J connectivity index is 1.16. The number of hydrogen-bond donors (Lipinski definition) is 3. The molecular formula is C31H44FNO5. The number of aliphatic hydroxyl groups excluding tert-OH is 3. The van der Waals surface area contributed by atoms with Crippen molar-refractivity contribution in [2.45, 2.75) is 96.9 Å². The van der Waals surface area contributed by atoms with Crippen molar-refractivity contribution in [3.05, 3.63) is 24.0 Å². The third-order valence-electron chi connectivity index (χ3n) is 12.2. The normalized spacial score (nSPS) is 44.4. The summed E-state index contributed by atoms with van der Waals surface area (Å²) in [6.07, 6.45) is 6.09. The standard InChI is InChI=1S/C31H44FNO5/c1-17(4-9-28(37)33-16-38-26-14-19(32)5-8-24(26)33)21-6-7-22-29-23(15-27(36)31(21,22)3)30(2)11-10-20(34)12-18(30)13-25(29)35/h5,8,14,17-18,20-23,25,27,29,34-36H,4,6-7,9-13,15-16H2,1-3H3/t17-,18+,20-,21-,22+,23+,25-,27+,29+,30+,31-/m1/s1. The number of aliphatic hydroxyl groups is 3. The second-order valence-corrected chi connectivity index (χ2v) is 13.7. The molecule has 7 heteroatoms. The van der Waals surface area contributed by atoms with Crippen molar-refractivity contribution in [3.63, 3.8) is 0 Å². The molecule has 210 valence electrons. The van der Waals surface area contributed by atoms with Crippen molar-refractivity contribution in [1.29, 1.82) is 0 Å². The second-order valence-electron chi connectivity index (χ2n) is 13.7. The van der Waals surface area contributed by atoms with Crippen molar-refractivity contribution >= 4 is 11.6 Å². The van der Waals surface area contributed by atoms with Gasteiger partial charge in [0.2, 0.25) is 5.91 Å². The van der Waals surface area contributed by atoms with Gasteiger partial charge in [-0.15, -0.1) is 0 Å². The number of carbonyl (C=O) groups is 1. The van der Waals surface area contributed by atoms with Crippen LogP contribution >= 0.6 is 0 Å².